The fourth-order valence-electron chi connectivity index (χ4n) is 2.49. The van der Waals surface area contributed by atoms with Gasteiger partial charge in [-0.2, -0.15) is 0 Å². The van der Waals surface area contributed by atoms with Gasteiger partial charge in [-0.05, 0) is 66.7 Å². The van der Waals surface area contributed by atoms with E-state index in [1.807, 2.05) is 27.7 Å². The van der Waals surface area contributed by atoms with Crippen molar-refractivity contribution in [2.24, 2.45) is 0 Å². The first-order chi connectivity index (χ1) is 10.1. The average molecular weight is 315 g/mol. The van der Waals surface area contributed by atoms with Gasteiger partial charge < -0.3 is 19.5 Å². The van der Waals surface area contributed by atoms with Gasteiger partial charge in [-0.25, -0.2) is 4.79 Å². The summed E-state index contributed by atoms with van der Waals surface area (Å²) in [6.07, 6.45) is 3.99. The Bertz CT molecular complexity index is 341. The van der Waals surface area contributed by atoms with Crippen molar-refractivity contribution in [2.45, 2.75) is 84.0 Å². The molecule has 0 radical (unpaired) electrons. The maximum atomic E-state index is 12.0. The molecule has 1 saturated heterocycles. The van der Waals surface area contributed by atoms with Crippen LogP contribution in [0.3, 0.4) is 0 Å². The van der Waals surface area contributed by atoms with Gasteiger partial charge in [0.1, 0.15) is 5.60 Å². The van der Waals surface area contributed by atoms with Crippen LogP contribution in [0.2, 0.25) is 0 Å². The highest BCUT2D eigenvalue weighted by Crippen LogP contribution is 2.27. The predicted octanol–water partition coefficient (Wildman–Crippen LogP) is 3.34. The first kappa shape index (κ1) is 19.2. The van der Waals surface area contributed by atoms with E-state index in [1.54, 1.807) is 4.90 Å². The minimum absolute atomic E-state index is 0.149. The largest absolute Gasteiger partial charge is 0.444 e. The first-order valence-electron chi connectivity index (χ1n) is 8.41. The molecule has 0 aliphatic carbocycles. The standard InChI is InChI=1S/C17H33NO4/c1-14(19)8-6-7-13-21-17(5)9-11-18(12-10-17)15(20)22-16(2,3)4/h14,19H,6-13H2,1-5H3. The van der Waals surface area contributed by atoms with Gasteiger partial charge in [-0.3, -0.25) is 0 Å². The fraction of sp³-hybridized carbons (Fsp3) is 0.941. The molecule has 1 heterocycles. The molecule has 1 aliphatic heterocycles. The number of piperidine rings is 1. The second-order valence-corrected chi connectivity index (χ2v) is 7.61. The molecule has 0 aromatic heterocycles. The highest BCUT2D eigenvalue weighted by atomic mass is 16.6. The van der Waals surface area contributed by atoms with Gasteiger partial charge in [0.15, 0.2) is 0 Å². The Kier molecular flexibility index (Phi) is 7.13. The first-order valence-corrected chi connectivity index (χ1v) is 8.41. The van der Waals surface area contributed by atoms with Crippen LogP contribution < -0.4 is 0 Å². The van der Waals surface area contributed by atoms with Gasteiger partial charge >= 0.3 is 6.09 Å². The molecule has 22 heavy (non-hydrogen) atoms. The lowest BCUT2D eigenvalue weighted by atomic mass is 9.93. The molecule has 1 aliphatic rings. The topological polar surface area (TPSA) is 59.0 Å². The van der Waals surface area contributed by atoms with Crippen molar-refractivity contribution in [3.8, 4) is 0 Å². The van der Waals surface area contributed by atoms with Gasteiger partial charge in [-0.1, -0.05) is 0 Å². The molecule has 1 rings (SSSR count). The third kappa shape index (κ3) is 7.45. The zero-order valence-electron chi connectivity index (χ0n) is 14.9. The molecule has 0 saturated carbocycles. The van der Waals surface area contributed by atoms with Crippen molar-refractivity contribution in [2.75, 3.05) is 19.7 Å². The summed E-state index contributed by atoms with van der Waals surface area (Å²) in [7, 11) is 0. The number of carbonyl (C=O) groups excluding carboxylic acids is 1. The van der Waals surface area contributed by atoms with Gasteiger partial charge in [0, 0.05) is 19.7 Å². The van der Waals surface area contributed by atoms with E-state index >= 15 is 0 Å². The summed E-state index contributed by atoms with van der Waals surface area (Å²) >= 11 is 0. The zero-order valence-corrected chi connectivity index (χ0v) is 14.9. The van der Waals surface area contributed by atoms with Crippen molar-refractivity contribution < 1.29 is 19.4 Å². The molecule has 0 aromatic rings. The monoisotopic (exact) mass is 315 g/mol. The minimum Gasteiger partial charge on any atom is -0.444 e. The average Bonchev–Trinajstić information content (AvgIpc) is 2.36. The van der Waals surface area contributed by atoms with E-state index in [4.69, 9.17) is 9.47 Å². The second kappa shape index (κ2) is 8.16. The summed E-state index contributed by atoms with van der Waals surface area (Å²) in [5.41, 5.74) is -0.596. The van der Waals surface area contributed by atoms with Gasteiger partial charge in [-0.15, -0.1) is 0 Å². The maximum Gasteiger partial charge on any atom is 0.410 e. The normalized spacial score (nSPS) is 19.8. The lowest BCUT2D eigenvalue weighted by molar-refractivity contribution is -0.0736. The number of aliphatic hydroxyl groups is 1. The zero-order chi connectivity index (χ0) is 16.8. The lowest BCUT2D eigenvalue weighted by Crippen LogP contribution is -2.48. The summed E-state index contributed by atoms with van der Waals surface area (Å²) < 4.78 is 11.4. The third-order valence-corrected chi connectivity index (χ3v) is 3.94. The molecule has 5 heteroatoms. The van der Waals surface area contributed by atoms with E-state index < -0.39 is 5.60 Å². The molecular weight excluding hydrogens is 282 g/mol. The summed E-state index contributed by atoms with van der Waals surface area (Å²) in [6.45, 7) is 11.7. The van der Waals surface area contributed by atoms with Crippen LogP contribution in [0.4, 0.5) is 4.79 Å². The molecule has 1 unspecified atom stereocenters. The molecule has 130 valence electrons. The Hall–Kier alpha value is -0.810. The number of hydrogen-bond donors (Lipinski definition) is 1. The van der Waals surface area contributed by atoms with Gasteiger partial charge in [0.2, 0.25) is 0 Å². The van der Waals surface area contributed by atoms with E-state index in [-0.39, 0.29) is 17.8 Å². The van der Waals surface area contributed by atoms with Crippen LogP contribution in [0.15, 0.2) is 0 Å². The Balaban J connectivity index is 2.26. The summed E-state index contributed by atoms with van der Waals surface area (Å²) in [6, 6.07) is 0. The van der Waals surface area contributed by atoms with Crippen LogP contribution in [0.25, 0.3) is 0 Å². The Morgan fingerprint density at radius 3 is 2.36 bits per heavy atom. The molecule has 0 bridgehead atoms. The van der Waals surface area contributed by atoms with E-state index in [2.05, 4.69) is 6.92 Å². The van der Waals surface area contributed by atoms with Crippen molar-refractivity contribution in [1.29, 1.82) is 0 Å². The quantitative estimate of drug-likeness (QED) is 0.764. The van der Waals surface area contributed by atoms with Crippen molar-refractivity contribution in [3.63, 3.8) is 0 Å². The molecule has 0 aromatic carbocycles. The van der Waals surface area contributed by atoms with Crippen LogP contribution in [0.1, 0.15) is 66.7 Å². The van der Waals surface area contributed by atoms with E-state index in [9.17, 15) is 9.90 Å². The molecule has 5 nitrogen and oxygen atoms in total. The molecule has 1 fully saturated rings. The Labute approximate surface area is 135 Å². The predicted molar refractivity (Wildman–Crippen MR) is 86.9 cm³/mol. The molecule has 1 N–H and O–H groups in total. The van der Waals surface area contributed by atoms with Crippen LogP contribution in [-0.4, -0.2) is 53.1 Å². The third-order valence-electron chi connectivity index (χ3n) is 3.94. The van der Waals surface area contributed by atoms with E-state index in [0.717, 1.165) is 38.7 Å². The smallest absolute Gasteiger partial charge is 0.410 e. The number of amides is 1. The Morgan fingerprint density at radius 1 is 1.27 bits per heavy atom. The summed E-state index contributed by atoms with van der Waals surface area (Å²) in [5, 5.41) is 9.22. The maximum absolute atomic E-state index is 12.0. The van der Waals surface area contributed by atoms with Crippen LogP contribution in [0.5, 0.6) is 0 Å². The molecular formula is C17H33NO4. The highest BCUT2D eigenvalue weighted by molar-refractivity contribution is 5.68. The highest BCUT2D eigenvalue weighted by Gasteiger charge is 2.34. The number of carbonyl (C=O) groups is 1. The van der Waals surface area contributed by atoms with Crippen molar-refractivity contribution in [1.82, 2.24) is 4.90 Å². The number of likely N-dealkylation sites (tertiary alicyclic amines) is 1. The number of rotatable bonds is 6. The van der Waals surface area contributed by atoms with Gasteiger partial charge in [0.25, 0.3) is 0 Å². The number of hydrogen-bond acceptors (Lipinski definition) is 4. The van der Waals surface area contributed by atoms with Gasteiger partial charge in [0.05, 0.1) is 11.7 Å². The van der Waals surface area contributed by atoms with Crippen LogP contribution in [-0.2, 0) is 9.47 Å². The number of unbranched alkanes of at least 4 members (excludes halogenated alkanes) is 1. The molecule has 0 spiro atoms. The summed E-state index contributed by atoms with van der Waals surface area (Å²) in [5.74, 6) is 0. The molecule has 1 amide bonds. The minimum atomic E-state index is -0.446. The number of ether oxygens (including phenoxy) is 2. The van der Waals surface area contributed by atoms with E-state index in [0.29, 0.717) is 13.1 Å². The fourth-order valence-corrected chi connectivity index (χ4v) is 2.49. The Morgan fingerprint density at radius 2 is 1.86 bits per heavy atom. The SMILES string of the molecule is CC(O)CCCCOC1(C)CCN(C(=O)OC(C)(C)C)CC1. The number of aliphatic hydroxyl groups excluding tert-OH is 1. The lowest BCUT2D eigenvalue weighted by Gasteiger charge is -2.39. The van der Waals surface area contributed by atoms with Crippen molar-refractivity contribution in [3.05, 3.63) is 0 Å². The van der Waals surface area contributed by atoms with Crippen molar-refractivity contribution >= 4 is 6.09 Å². The molecule has 1 atom stereocenters. The second-order valence-electron chi connectivity index (χ2n) is 7.61. The number of nitrogens with zero attached hydrogens (tertiary/aromatic N) is 1. The van der Waals surface area contributed by atoms with E-state index in [1.165, 1.54) is 0 Å². The van der Waals surface area contributed by atoms with Crippen LogP contribution >= 0.6 is 0 Å². The summed E-state index contributed by atoms with van der Waals surface area (Å²) in [4.78, 5) is 13.8. The van der Waals surface area contributed by atoms with Crippen LogP contribution in [0, 0.1) is 0 Å².